The predicted octanol–water partition coefficient (Wildman–Crippen LogP) is 3.59. The van der Waals surface area contributed by atoms with E-state index in [0.717, 1.165) is 24.8 Å². The maximum absolute atomic E-state index is 12.3. The van der Waals surface area contributed by atoms with Gasteiger partial charge in [0.05, 0.1) is 12.6 Å². The first kappa shape index (κ1) is 18.0. The molecule has 0 radical (unpaired) electrons. The lowest BCUT2D eigenvalue weighted by atomic mass is 9.87. The van der Waals surface area contributed by atoms with E-state index in [1.807, 2.05) is 18.2 Å². The number of hydrogen-bond acceptors (Lipinski definition) is 2. The molecule has 0 bridgehead atoms. The van der Waals surface area contributed by atoms with Crippen LogP contribution in [0.2, 0.25) is 0 Å². The molecule has 2 aliphatic rings. The predicted molar refractivity (Wildman–Crippen MR) is 98.8 cm³/mol. The Morgan fingerprint density at radius 3 is 2.40 bits per heavy atom. The van der Waals surface area contributed by atoms with Gasteiger partial charge in [0.25, 0.3) is 0 Å². The first-order valence-corrected chi connectivity index (χ1v) is 9.74. The summed E-state index contributed by atoms with van der Waals surface area (Å²) in [6.45, 7) is 2.30. The highest BCUT2D eigenvalue weighted by molar-refractivity contribution is 5.85. The molecule has 2 N–H and O–H groups in total. The zero-order valence-corrected chi connectivity index (χ0v) is 15.2. The van der Waals surface area contributed by atoms with E-state index in [9.17, 15) is 9.59 Å². The highest BCUT2D eigenvalue weighted by Crippen LogP contribution is 2.46. The summed E-state index contributed by atoms with van der Waals surface area (Å²) >= 11 is 0. The van der Waals surface area contributed by atoms with Gasteiger partial charge in [-0.2, -0.15) is 0 Å². The topological polar surface area (TPSA) is 58.2 Å². The zero-order valence-electron chi connectivity index (χ0n) is 15.2. The van der Waals surface area contributed by atoms with Crippen LogP contribution in [0.25, 0.3) is 0 Å². The number of amides is 2. The van der Waals surface area contributed by atoms with Crippen LogP contribution in [0.15, 0.2) is 30.3 Å². The first-order chi connectivity index (χ1) is 12.1. The maximum atomic E-state index is 12.3. The smallest absolute Gasteiger partial charge is 0.239 e. The lowest BCUT2D eigenvalue weighted by molar-refractivity contribution is -0.127. The van der Waals surface area contributed by atoms with E-state index in [0.29, 0.717) is 24.2 Å². The van der Waals surface area contributed by atoms with E-state index in [1.54, 1.807) is 0 Å². The Morgan fingerprint density at radius 1 is 1.08 bits per heavy atom. The van der Waals surface area contributed by atoms with Crippen molar-refractivity contribution in [1.29, 1.82) is 0 Å². The largest absolute Gasteiger partial charge is 0.347 e. The molecule has 1 aromatic carbocycles. The third kappa shape index (κ3) is 5.32. The number of nitrogens with one attached hydrogen (secondary N) is 2. The van der Waals surface area contributed by atoms with Crippen LogP contribution in [-0.4, -0.2) is 18.4 Å². The van der Waals surface area contributed by atoms with Gasteiger partial charge in [0.1, 0.15) is 0 Å². The molecule has 0 saturated heterocycles. The number of rotatable bonds is 7. The first-order valence-electron chi connectivity index (χ1n) is 9.74. The summed E-state index contributed by atoms with van der Waals surface area (Å²) in [7, 11) is 0. The van der Waals surface area contributed by atoms with Crippen molar-refractivity contribution in [3.8, 4) is 0 Å². The third-order valence-electron chi connectivity index (χ3n) is 5.72. The molecule has 2 saturated carbocycles. The van der Waals surface area contributed by atoms with Crippen LogP contribution < -0.4 is 10.6 Å². The summed E-state index contributed by atoms with van der Waals surface area (Å²) in [6, 6.07) is 10.2. The van der Waals surface area contributed by atoms with Crippen molar-refractivity contribution < 1.29 is 9.59 Å². The van der Waals surface area contributed by atoms with Crippen molar-refractivity contribution in [3.63, 3.8) is 0 Å². The fourth-order valence-corrected chi connectivity index (χ4v) is 4.04. The normalized spacial score (nSPS) is 24.4. The summed E-state index contributed by atoms with van der Waals surface area (Å²) < 4.78 is 0. The van der Waals surface area contributed by atoms with Crippen molar-refractivity contribution in [2.45, 2.75) is 57.9 Å². The molecule has 25 heavy (non-hydrogen) atoms. The molecule has 1 aromatic rings. The van der Waals surface area contributed by atoms with E-state index in [2.05, 4.69) is 29.7 Å². The van der Waals surface area contributed by atoms with Gasteiger partial charge < -0.3 is 10.6 Å². The van der Waals surface area contributed by atoms with Gasteiger partial charge in [-0.05, 0) is 42.6 Å². The molecule has 4 nitrogen and oxygen atoms in total. The molecule has 4 heteroatoms. The summed E-state index contributed by atoms with van der Waals surface area (Å²) in [5.41, 5.74) is 1.15. The second kappa shape index (κ2) is 8.50. The van der Waals surface area contributed by atoms with Gasteiger partial charge in [-0.25, -0.2) is 0 Å². The fraction of sp³-hybridized carbons (Fsp3) is 0.619. The molecular formula is C21H30N2O2. The summed E-state index contributed by atoms with van der Waals surface area (Å²) in [4.78, 5) is 24.4. The van der Waals surface area contributed by atoms with E-state index in [4.69, 9.17) is 0 Å². The van der Waals surface area contributed by atoms with E-state index < -0.39 is 0 Å². The molecule has 0 aliphatic heterocycles. The molecule has 0 heterocycles. The molecule has 2 aliphatic carbocycles. The molecule has 2 amide bonds. The van der Waals surface area contributed by atoms with Crippen LogP contribution in [0.4, 0.5) is 0 Å². The van der Waals surface area contributed by atoms with Crippen LogP contribution >= 0.6 is 0 Å². The van der Waals surface area contributed by atoms with Crippen molar-refractivity contribution in [2.75, 3.05) is 6.54 Å². The van der Waals surface area contributed by atoms with Gasteiger partial charge in [0.2, 0.25) is 11.8 Å². The van der Waals surface area contributed by atoms with E-state index in [1.165, 1.54) is 19.3 Å². The summed E-state index contributed by atoms with van der Waals surface area (Å²) in [6.07, 6.45) is 7.77. The average molecular weight is 342 g/mol. The second-order valence-corrected chi connectivity index (χ2v) is 7.82. The van der Waals surface area contributed by atoms with Crippen molar-refractivity contribution >= 4 is 11.8 Å². The minimum atomic E-state index is -0.0926. The Hall–Kier alpha value is -1.84. The Morgan fingerprint density at radius 2 is 1.76 bits per heavy atom. The van der Waals surface area contributed by atoms with Crippen molar-refractivity contribution in [1.82, 2.24) is 10.6 Å². The van der Waals surface area contributed by atoms with Gasteiger partial charge in [-0.1, -0.05) is 56.5 Å². The second-order valence-electron chi connectivity index (χ2n) is 7.82. The van der Waals surface area contributed by atoms with Crippen LogP contribution in [-0.2, 0) is 9.59 Å². The van der Waals surface area contributed by atoms with E-state index in [-0.39, 0.29) is 24.4 Å². The molecule has 3 unspecified atom stereocenters. The molecule has 3 atom stereocenters. The Balaban J connectivity index is 1.46. The lowest BCUT2D eigenvalue weighted by Crippen LogP contribution is -2.39. The van der Waals surface area contributed by atoms with Crippen LogP contribution in [0.3, 0.4) is 0 Å². The lowest BCUT2D eigenvalue weighted by Gasteiger charge is -2.21. The quantitative estimate of drug-likeness (QED) is 0.795. The maximum Gasteiger partial charge on any atom is 0.239 e. The van der Waals surface area contributed by atoms with Gasteiger partial charge >= 0.3 is 0 Å². The zero-order chi connectivity index (χ0) is 17.6. The van der Waals surface area contributed by atoms with Gasteiger partial charge in [0, 0.05) is 6.42 Å². The molecule has 0 aromatic heterocycles. The van der Waals surface area contributed by atoms with Gasteiger partial charge in [0.15, 0.2) is 0 Å². The monoisotopic (exact) mass is 342 g/mol. The minimum absolute atomic E-state index is 0.0121. The standard InChI is InChI=1S/C21H30N2O2/c1-15-12-18(15)21(17-10-6-3-7-11-17)23-20(25)14-22-19(24)13-16-8-4-2-5-9-16/h3,6-7,10-11,15-16,18,21H,2,4-5,8-9,12-14H2,1H3,(H,22,24)(H,23,25). The SMILES string of the molecule is CC1CC1C(NC(=O)CNC(=O)CC1CCCCC1)c1ccccc1. The molecule has 136 valence electrons. The molecular weight excluding hydrogens is 312 g/mol. The Labute approximate surface area is 150 Å². The third-order valence-corrected chi connectivity index (χ3v) is 5.72. The highest BCUT2D eigenvalue weighted by atomic mass is 16.2. The number of hydrogen-bond donors (Lipinski definition) is 2. The van der Waals surface area contributed by atoms with Crippen LogP contribution in [0.1, 0.15) is 63.5 Å². The van der Waals surface area contributed by atoms with Gasteiger partial charge in [-0.15, -0.1) is 0 Å². The number of carbonyl (C=O) groups excluding carboxylic acids is 2. The van der Waals surface area contributed by atoms with Crippen LogP contribution in [0, 0.1) is 17.8 Å². The number of benzene rings is 1. The fourth-order valence-electron chi connectivity index (χ4n) is 4.04. The van der Waals surface area contributed by atoms with Crippen molar-refractivity contribution in [2.24, 2.45) is 17.8 Å². The summed E-state index contributed by atoms with van der Waals surface area (Å²) in [5.74, 6) is 1.57. The number of carbonyl (C=O) groups is 2. The average Bonchev–Trinajstić information content (AvgIpc) is 3.36. The molecule has 0 spiro atoms. The minimum Gasteiger partial charge on any atom is -0.347 e. The van der Waals surface area contributed by atoms with Gasteiger partial charge in [-0.3, -0.25) is 9.59 Å². The molecule has 3 rings (SSSR count). The molecule has 2 fully saturated rings. The van der Waals surface area contributed by atoms with Crippen molar-refractivity contribution in [3.05, 3.63) is 35.9 Å². The Kier molecular flexibility index (Phi) is 6.11. The van der Waals surface area contributed by atoms with Crippen LogP contribution in [0.5, 0.6) is 0 Å². The summed E-state index contributed by atoms with van der Waals surface area (Å²) in [5, 5.41) is 5.94. The highest BCUT2D eigenvalue weighted by Gasteiger charge is 2.40. The Bertz CT molecular complexity index is 581. The van der Waals surface area contributed by atoms with E-state index >= 15 is 0 Å².